The second-order valence-electron chi connectivity index (χ2n) is 5.66. The van der Waals surface area contributed by atoms with Crippen LogP contribution < -0.4 is 10.6 Å². The van der Waals surface area contributed by atoms with Gasteiger partial charge >= 0.3 is 0 Å². The number of hydrogen-bond acceptors (Lipinski definition) is 8. The number of aromatic nitrogens is 2. The normalized spacial score (nSPS) is 13.3. The maximum absolute atomic E-state index is 12.0. The predicted octanol–water partition coefficient (Wildman–Crippen LogP) is 2.52. The van der Waals surface area contributed by atoms with Crippen LogP contribution in [0.25, 0.3) is 0 Å². The molecule has 7 nitrogen and oxygen atoms in total. The number of carbonyl (C=O) groups is 1. The Bertz CT molecular complexity index is 558. The van der Waals surface area contributed by atoms with Gasteiger partial charge < -0.3 is 15.4 Å². The Labute approximate surface area is 151 Å². The third kappa shape index (κ3) is 7.03. The standard InChI is InChI=1S/C15H25N5O2S2/c1-5-22-8-6-7-17-13-19-20-14(24-13)23-9-12(21)18-15(4,10-16)11(2)3/h11H,5-9H2,1-4H3,(H,17,19)(H,18,21)/t15-/m1/s1. The second kappa shape index (κ2) is 10.5. The first kappa shape index (κ1) is 20.7. The minimum Gasteiger partial charge on any atom is -0.382 e. The van der Waals surface area contributed by atoms with E-state index in [-0.39, 0.29) is 17.6 Å². The molecule has 0 saturated heterocycles. The molecule has 134 valence electrons. The van der Waals surface area contributed by atoms with Gasteiger partial charge in [-0.05, 0) is 26.2 Å². The fourth-order valence-corrected chi connectivity index (χ4v) is 3.19. The van der Waals surface area contributed by atoms with Gasteiger partial charge in [0.1, 0.15) is 5.54 Å². The summed E-state index contributed by atoms with van der Waals surface area (Å²) >= 11 is 2.73. The van der Waals surface area contributed by atoms with Crippen molar-refractivity contribution < 1.29 is 9.53 Å². The molecule has 0 aliphatic rings. The molecule has 0 aliphatic heterocycles. The number of nitrogens with one attached hydrogen (secondary N) is 2. The Kier molecular flexibility index (Phi) is 9.03. The summed E-state index contributed by atoms with van der Waals surface area (Å²) in [5.74, 6) is 0.0628. The third-order valence-electron chi connectivity index (χ3n) is 3.47. The molecule has 1 atom stereocenters. The molecule has 1 aromatic rings. The molecule has 0 aliphatic carbocycles. The van der Waals surface area contributed by atoms with Crippen LogP contribution in [0.5, 0.6) is 0 Å². The highest BCUT2D eigenvalue weighted by Gasteiger charge is 2.29. The molecule has 1 rings (SSSR count). The zero-order chi connectivity index (χ0) is 18.0. The molecule has 1 aromatic heterocycles. The van der Waals surface area contributed by atoms with E-state index in [2.05, 4.69) is 26.9 Å². The van der Waals surface area contributed by atoms with Gasteiger partial charge in [0.15, 0.2) is 4.34 Å². The van der Waals surface area contributed by atoms with E-state index in [1.807, 2.05) is 20.8 Å². The van der Waals surface area contributed by atoms with Crippen LogP contribution in [0.3, 0.4) is 0 Å². The smallest absolute Gasteiger partial charge is 0.231 e. The average molecular weight is 372 g/mol. The highest BCUT2D eigenvalue weighted by molar-refractivity contribution is 8.01. The molecule has 1 heterocycles. The van der Waals surface area contributed by atoms with E-state index < -0.39 is 5.54 Å². The van der Waals surface area contributed by atoms with E-state index in [0.717, 1.165) is 35.7 Å². The van der Waals surface area contributed by atoms with Gasteiger partial charge in [0.2, 0.25) is 11.0 Å². The Morgan fingerprint density at radius 1 is 1.50 bits per heavy atom. The van der Waals surface area contributed by atoms with Gasteiger partial charge in [0.05, 0.1) is 11.8 Å². The lowest BCUT2D eigenvalue weighted by atomic mass is 9.90. The van der Waals surface area contributed by atoms with E-state index in [4.69, 9.17) is 4.74 Å². The summed E-state index contributed by atoms with van der Waals surface area (Å²) in [5.41, 5.74) is -0.855. The Balaban J connectivity index is 2.35. The van der Waals surface area contributed by atoms with E-state index >= 15 is 0 Å². The number of rotatable bonds is 11. The van der Waals surface area contributed by atoms with Crippen LogP contribution in [0.1, 0.15) is 34.1 Å². The zero-order valence-electron chi connectivity index (χ0n) is 14.6. The van der Waals surface area contributed by atoms with Gasteiger partial charge in [-0.1, -0.05) is 36.9 Å². The molecule has 24 heavy (non-hydrogen) atoms. The van der Waals surface area contributed by atoms with E-state index in [1.54, 1.807) is 6.92 Å². The van der Waals surface area contributed by atoms with Crippen molar-refractivity contribution in [2.75, 3.05) is 30.8 Å². The van der Waals surface area contributed by atoms with Crippen molar-refractivity contribution in [1.82, 2.24) is 15.5 Å². The van der Waals surface area contributed by atoms with Crippen LogP contribution >= 0.6 is 23.1 Å². The van der Waals surface area contributed by atoms with Crippen molar-refractivity contribution in [3.8, 4) is 6.07 Å². The summed E-state index contributed by atoms with van der Waals surface area (Å²) in [6.45, 7) is 9.74. The maximum Gasteiger partial charge on any atom is 0.231 e. The van der Waals surface area contributed by atoms with Crippen molar-refractivity contribution in [1.29, 1.82) is 5.26 Å². The van der Waals surface area contributed by atoms with E-state index in [9.17, 15) is 10.1 Å². The topological polar surface area (TPSA) is 99.9 Å². The lowest BCUT2D eigenvalue weighted by molar-refractivity contribution is -0.120. The number of ether oxygens (including phenoxy) is 1. The molecule has 1 amide bonds. The largest absolute Gasteiger partial charge is 0.382 e. The van der Waals surface area contributed by atoms with Crippen molar-refractivity contribution in [3.63, 3.8) is 0 Å². The zero-order valence-corrected chi connectivity index (χ0v) is 16.2. The van der Waals surface area contributed by atoms with Crippen LogP contribution in [0.2, 0.25) is 0 Å². The summed E-state index contributed by atoms with van der Waals surface area (Å²) in [6, 6.07) is 2.16. The van der Waals surface area contributed by atoms with Crippen LogP contribution in [-0.4, -0.2) is 47.2 Å². The van der Waals surface area contributed by atoms with Crippen LogP contribution in [0, 0.1) is 17.2 Å². The third-order valence-corrected chi connectivity index (χ3v) is 5.48. The van der Waals surface area contributed by atoms with E-state index in [0.29, 0.717) is 0 Å². The molecular formula is C15H25N5O2S2. The number of carbonyl (C=O) groups excluding carboxylic acids is 1. The van der Waals surface area contributed by atoms with Gasteiger partial charge in [0.25, 0.3) is 0 Å². The Morgan fingerprint density at radius 3 is 2.88 bits per heavy atom. The molecule has 0 saturated carbocycles. The van der Waals surface area contributed by atoms with E-state index in [1.165, 1.54) is 23.1 Å². The van der Waals surface area contributed by atoms with Gasteiger partial charge in [-0.3, -0.25) is 4.79 Å². The first-order valence-corrected chi connectivity index (χ1v) is 9.71. The fraction of sp³-hybridized carbons (Fsp3) is 0.733. The summed E-state index contributed by atoms with van der Waals surface area (Å²) in [5, 5.41) is 24.0. The Morgan fingerprint density at radius 2 is 2.25 bits per heavy atom. The fourth-order valence-electron chi connectivity index (χ4n) is 1.61. The molecule has 9 heteroatoms. The second-order valence-corrected chi connectivity index (χ2v) is 7.86. The van der Waals surface area contributed by atoms with Gasteiger partial charge in [-0.25, -0.2) is 0 Å². The predicted molar refractivity (Wildman–Crippen MR) is 97.2 cm³/mol. The molecular weight excluding hydrogens is 346 g/mol. The van der Waals surface area contributed by atoms with Crippen LogP contribution in [0.15, 0.2) is 4.34 Å². The first-order valence-electron chi connectivity index (χ1n) is 7.91. The highest BCUT2D eigenvalue weighted by atomic mass is 32.2. The minimum atomic E-state index is -0.855. The van der Waals surface area contributed by atoms with Gasteiger partial charge in [-0.15, -0.1) is 10.2 Å². The monoisotopic (exact) mass is 371 g/mol. The van der Waals surface area contributed by atoms with Crippen LogP contribution in [-0.2, 0) is 9.53 Å². The number of nitrogens with zero attached hydrogens (tertiary/aromatic N) is 3. The van der Waals surface area contributed by atoms with Crippen molar-refractivity contribution in [3.05, 3.63) is 0 Å². The molecule has 0 unspecified atom stereocenters. The number of thioether (sulfide) groups is 1. The summed E-state index contributed by atoms with van der Waals surface area (Å²) < 4.78 is 5.99. The van der Waals surface area contributed by atoms with Crippen molar-refractivity contribution in [2.24, 2.45) is 5.92 Å². The minimum absolute atomic E-state index is 0.0328. The number of amides is 1. The summed E-state index contributed by atoms with van der Waals surface area (Å²) in [4.78, 5) is 12.0. The summed E-state index contributed by atoms with van der Waals surface area (Å²) in [7, 11) is 0. The molecule has 0 aromatic carbocycles. The molecule has 0 bridgehead atoms. The quantitative estimate of drug-likeness (QED) is 0.455. The van der Waals surface area contributed by atoms with Crippen LogP contribution in [0.4, 0.5) is 5.13 Å². The van der Waals surface area contributed by atoms with Gasteiger partial charge in [0, 0.05) is 19.8 Å². The number of hydrogen-bond donors (Lipinski definition) is 2. The first-order chi connectivity index (χ1) is 11.4. The van der Waals surface area contributed by atoms with Crippen molar-refractivity contribution in [2.45, 2.75) is 44.0 Å². The lowest BCUT2D eigenvalue weighted by Crippen LogP contribution is -2.49. The lowest BCUT2D eigenvalue weighted by Gasteiger charge is -2.27. The maximum atomic E-state index is 12.0. The average Bonchev–Trinajstić information content (AvgIpc) is 3.00. The highest BCUT2D eigenvalue weighted by Crippen LogP contribution is 2.25. The summed E-state index contributed by atoms with van der Waals surface area (Å²) in [6.07, 6.45) is 0.903. The molecule has 2 N–H and O–H groups in total. The van der Waals surface area contributed by atoms with Crippen molar-refractivity contribution >= 4 is 34.1 Å². The molecule has 0 fully saturated rings. The number of anilines is 1. The molecule has 0 spiro atoms. The Hall–Kier alpha value is -1.37. The number of nitriles is 1. The van der Waals surface area contributed by atoms with Gasteiger partial charge in [-0.2, -0.15) is 5.26 Å². The SMILES string of the molecule is CCOCCCNc1nnc(SCC(=O)N[C@](C)(C#N)C(C)C)s1. The molecule has 0 radical (unpaired) electrons.